The van der Waals surface area contributed by atoms with Crippen LogP contribution in [0.1, 0.15) is 5.82 Å². The second-order valence-electron chi connectivity index (χ2n) is 6.82. The predicted molar refractivity (Wildman–Crippen MR) is 123 cm³/mol. The molecule has 2 heterocycles. The smallest absolute Gasteiger partial charge is 0.323 e. The van der Waals surface area contributed by atoms with E-state index < -0.39 is 6.03 Å². The van der Waals surface area contributed by atoms with Crippen LogP contribution in [0.3, 0.4) is 0 Å². The summed E-state index contributed by atoms with van der Waals surface area (Å²) in [6.07, 6.45) is 3.51. The highest BCUT2D eigenvalue weighted by Gasteiger charge is 2.12. The van der Waals surface area contributed by atoms with Crippen LogP contribution in [0, 0.1) is 6.92 Å². The zero-order chi connectivity index (χ0) is 23.2. The van der Waals surface area contributed by atoms with E-state index in [0.717, 1.165) is 5.82 Å². The van der Waals surface area contributed by atoms with Crippen LogP contribution < -0.4 is 24.8 Å². The van der Waals surface area contributed by atoms with Crippen molar-refractivity contribution in [1.29, 1.82) is 0 Å². The molecule has 0 aliphatic rings. The zero-order valence-electron chi connectivity index (χ0n) is 18.3. The number of methoxy groups -OCH3 is 2. The Kier molecular flexibility index (Phi) is 6.35. The summed E-state index contributed by atoms with van der Waals surface area (Å²) >= 11 is 0. The summed E-state index contributed by atoms with van der Waals surface area (Å²) in [5.41, 5.74) is 1.07. The molecule has 10 nitrogen and oxygen atoms in total. The second kappa shape index (κ2) is 9.69. The fourth-order valence-corrected chi connectivity index (χ4v) is 3.11. The van der Waals surface area contributed by atoms with E-state index in [1.807, 2.05) is 17.7 Å². The van der Waals surface area contributed by atoms with E-state index >= 15 is 0 Å². The lowest BCUT2D eigenvalue weighted by atomic mass is 10.2. The number of para-hydroxylation sites is 1. The van der Waals surface area contributed by atoms with E-state index in [9.17, 15) is 4.79 Å². The average Bonchev–Trinajstić information content (AvgIpc) is 3.26. The van der Waals surface area contributed by atoms with Gasteiger partial charge in [-0.1, -0.05) is 6.07 Å². The minimum atomic E-state index is -0.425. The molecular formula is C23H22N6O4. The molecule has 0 radical (unpaired) electrons. The number of hydrogen-bond acceptors (Lipinski definition) is 7. The molecule has 10 heteroatoms. The average molecular weight is 446 g/mol. The van der Waals surface area contributed by atoms with Gasteiger partial charge in [0.1, 0.15) is 11.6 Å². The van der Waals surface area contributed by atoms with Crippen molar-refractivity contribution in [2.45, 2.75) is 6.92 Å². The van der Waals surface area contributed by atoms with Gasteiger partial charge in [-0.05, 0) is 49.4 Å². The first-order chi connectivity index (χ1) is 16.1. The minimum Gasteiger partial charge on any atom is -0.493 e. The number of imidazole rings is 1. The van der Waals surface area contributed by atoms with Gasteiger partial charge in [-0.3, -0.25) is 4.57 Å². The summed E-state index contributed by atoms with van der Waals surface area (Å²) in [7, 11) is 3.04. The number of hydrogen-bond donors (Lipinski definition) is 2. The predicted octanol–water partition coefficient (Wildman–Crippen LogP) is 4.42. The number of rotatable bonds is 7. The van der Waals surface area contributed by atoms with Crippen LogP contribution in [0.15, 0.2) is 67.0 Å². The van der Waals surface area contributed by atoms with Gasteiger partial charge in [0.05, 0.1) is 19.9 Å². The molecule has 2 aromatic carbocycles. The molecule has 0 spiro atoms. The van der Waals surface area contributed by atoms with Gasteiger partial charge in [0.2, 0.25) is 5.88 Å². The van der Waals surface area contributed by atoms with Crippen molar-refractivity contribution in [1.82, 2.24) is 19.7 Å². The molecule has 0 saturated heterocycles. The first kappa shape index (κ1) is 21.6. The Morgan fingerprint density at radius 3 is 2.39 bits per heavy atom. The molecule has 0 unspecified atom stereocenters. The molecule has 0 saturated carbocycles. The van der Waals surface area contributed by atoms with Crippen molar-refractivity contribution in [3.8, 4) is 28.9 Å². The molecule has 4 aromatic rings. The van der Waals surface area contributed by atoms with Gasteiger partial charge in [-0.15, -0.1) is 10.2 Å². The molecule has 4 rings (SSSR count). The fraction of sp³-hybridized carbons (Fsp3) is 0.130. The van der Waals surface area contributed by atoms with Crippen LogP contribution in [-0.4, -0.2) is 40.0 Å². The van der Waals surface area contributed by atoms with Crippen molar-refractivity contribution < 1.29 is 19.0 Å². The van der Waals surface area contributed by atoms with E-state index in [0.29, 0.717) is 40.3 Å². The van der Waals surface area contributed by atoms with Crippen molar-refractivity contribution in [2.75, 3.05) is 24.9 Å². The summed E-state index contributed by atoms with van der Waals surface area (Å²) < 4.78 is 18.1. The first-order valence-corrected chi connectivity index (χ1v) is 9.98. The van der Waals surface area contributed by atoms with Gasteiger partial charge in [0, 0.05) is 24.1 Å². The standard InChI is InChI=1S/C23H22N6O4/c1-15-24-13-14-29(15)20-11-12-21(28-27-20)33-17-9-7-16(8-10-17)25-23(30)26-18-5-4-6-19(31-2)22(18)32-3/h4-14H,1-3H3,(H2,25,26,30). The molecule has 2 amide bonds. The zero-order valence-corrected chi connectivity index (χ0v) is 18.3. The molecule has 0 aliphatic heterocycles. The number of urea groups is 1. The maximum atomic E-state index is 12.4. The van der Waals surface area contributed by atoms with E-state index in [-0.39, 0.29) is 0 Å². The Labute approximate surface area is 190 Å². The van der Waals surface area contributed by atoms with Crippen LogP contribution >= 0.6 is 0 Å². The van der Waals surface area contributed by atoms with Gasteiger partial charge in [-0.25, -0.2) is 9.78 Å². The van der Waals surface area contributed by atoms with Crippen LogP contribution in [0.4, 0.5) is 16.2 Å². The van der Waals surface area contributed by atoms with Gasteiger partial charge in [-0.2, -0.15) is 0 Å². The van der Waals surface area contributed by atoms with Crippen LogP contribution in [0.25, 0.3) is 5.82 Å². The Morgan fingerprint density at radius 1 is 0.939 bits per heavy atom. The lowest BCUT2D eigenvalue weighted by Crippen LogP contribution is -2.19. The summed E-state index contributed by atoms with van der Waals surface area (Å²) in [5.74, 6) is 3.32. The first-order valence-electron chi connectivity index (χ1n) is 9.98. The maximum absolute atomic E-state index is 12.4. The lowest BCUT2D eigenvalue weighted by Gasteiger charge is -2.14. The van der Waals surface area contributed by atoms with E-state index in [2.05, 4.69) is 25.8 Å². The number of nitrogens with zero attached hydrogens (tertiary/aromatic N) is 4. The number of anilines is 2. The quantitative estimate of drug-likeness (QED) is 0.432. The maximum Gasteiger partial charge on any atom is 0.323 e. The SMILES string of the molecule is COc1cccc(NC(=O)Nc2ccc(Oc3ccc(-n4ccnc4C)nn3)cc2)c1OC. The molecule has 0 bridgehead atoms. The third-order valence-corrected chi connectivity index (χ3v) is 4.68. The third-order valence-electron chi connectivity index (χ3n) is 4.68. The normalized spacial score (nSPS) is 10.4. The molecule has 2 aromatic heterocycles. The Morgan fingerprint density at radius 2 is 1.76 bits per heavy atom. The van der Waals surface area contributed by atoms with Crippen molar-refractivity contribution in [3.05, 3.63) is 72.8 Å². The van der Waals surface area contributed by atoms with Gasteiger partial charge < -0.3 is 24.8 Å². The molecule has 0 aliphatic carbocycles. The number of aryl methyl sites for hydroxylation is 1. The molecule has 168 valence electrons. The number of carbonyl (C=O) groups excluding carboxylic acids is 1. The highest BCUT2D eigenvalue weighted by molar-refractivity contribution is 6.01. The monoisotopic (exact) mass is 446 g/mol. The number of carbonyl (C=O) groups is 1. The topological polar surface area (TPSA) is 112 Å². The minimum absolute atomic E-state index is 0.347. The van der Waals surface area contributed by atoms with E-state index in [4.69, 9.17) is 14.2 Å². The lowest BCUT2D eigenvalue weighted by molar-refractivity contribution is 0.262. The number of amides is 2. The van der Waals surface area contributed by atoms with E-state index in [1.165, 1.54) is 14.2 Å². The molecular weight excluding hydrogens is 424 g/mol. The van der Waals surface area contributed by atoms with Gasteiger partial charge >= 0.3 is 6.03 Å². The Balaban J connectivity index is 1.37. The fourth-order valence-electron chi connectivity index (χ4n) is 3.11. The highest BCUT2D eigenvalue weighted by atomic mass is 16.5. The van der Waals surface area contributed by atoms with Crippen LogP contribution in [-0.2, 0) is 0 Å². The van der Waals surface area contributed by atoms with Crippen LogP contribution in [0.5, 0.6) is 23.1 Å². The third kappa shape index (κ3) is 5.01. The van der Waals surface area contributed by atoms with Crippen molar-refractivity contribution in [3.63, 3.8) is 0 Å². The summed E-state index contributed by atoms with van der Waals surface area (Å²) in [6.45, 7) is 1.88. The van der Waals surface area contributed by atoms with Crippen LogP contribution in [0.2, 0.25) is 0 Å². The summed E-state index contributed by atoms with van der Waals surface area (Å²) in [4.78, 5) is 16.6. The number of ether oxygens (including phenoxy) is 3. The van der Waals surface area contributed by atoms with E-state index in [1.54, 1.807) is 60.8 Å². The molecule has 0 fully saturated rings. The molecule has 0 atom stereocenters. The summed E-state index contributed by atoms with van der Waals surface area (Å²) in [5, 5.41) is 13.8. The molecule has 33 heavy (non-hydrogen) atoms. The van der Waals surface area contributed by atoms with Gasteiger partial charge in [0.15, 0.2) is 17.3 Å². The second-order valence-corrected chi connectivity index (χ2v) is 6.82. The molecule has 2 N–H and O–H groups in total. The van der Waals surface area contributed by atoms with Crippen molar-refractivity contribution in [2.24, 2.45) is 0 Å². The number of benzene rings is 2. The summed E-state index contributed by atoms with van der Waals surface area (Å²) in [6, 6.07) is 15.2. The number of nitrogens with one attached hydrogen (secondary N) is 2. The number of aromatic nitrogens is 4. The Bertz CT molecular complexity index is 1240. The van der Waals surface area contributed by atoms with Crippen molar-refractivity contribution >= 4 is 17.4 Å². The van der Waals surface area contributed by atoms with Gasteiger partial charge in [0.25, 0.3) is 0 Å². The Hall–Kier alpha value is -4.60. The largest absolute Gasteiger partial charge is 0.493 e. The highest BCUT2D eigenvalue weighted by Crippen LogP contribution is 2.34.